The minimum atomic E-state index is -0.693. The van der Waals surface area contributed by atoms with Crippen LogP contribution in [0, 0.1) is 17.6 Å². The molecule has 3 rings (SSSR count). The maximum absolute atomic E-state index is 13.6. The molecule has 0 saturated carbocycles. The van der Waals surface area contributed by atoms with Crippen molar-refractivity contribution in [1.82, 2.24) is 4.98 Å². The first-order valence-electron chi connectivity index (χ1n) is 5.70. The Balaban J connectivity index is 2.02. The topological polar surface area (TPSA) is 33.2 Å². The molecule has 1 aromatic heterocycles. The summed E-state index contributed by atoms with van der Waals surface area (Å²) < 4.78 is 27.1. The fourth-order valence-electron chi connectivity index (χ4n) is 2.13. The van der Waals surface area contributed by atoms with Crippen molar-refractivity contribution in [3.8, 4) is 0 Å². The van der Waals surface area contributed by atoms with Crippen LogP contribution in [0.2, 0.25) is 0 Å². The van der Waals surface area contributed by atoms with Crippen molar-refractivity contribution in [2.75, 3.05) is 16.8 Å². The summed E-state index contributed by atoms with van der Waals surface area (Å²) in [5, 5.41) is 1.18. The average molecular weight is 347 g/mol. The molecule has 1 amide bonds. The number of hydrogen-bond donors (Lipinski definition) is 0. The normalized spacial score (nSPS) is 19.6. The number of carbonyl (C=O) groups excluding carboxylic acids is 1. The Hall–Kier alpha value is -1.08. The van der Waals surface area contributed by atoms with E-state index in [2.05, 4.69) is 20.9 Å². The second-order valence-corrected chi connectivity index (χ2v) is 6.12. The molecule has 0 spiro atoms. The highest BCUT2D eigenvalue weighted by atomic mass is 79.9. The Kier molecular flexibility index (Phi) is 3.26. The zero-order valence-electron chi connectivity index (χ0n) is 9.70. The molecule has 0 bridgehead atoms. The molecule has 2 aromatic rings. The highest BCUT2D eigenvalue weighted by molar-refractivity contribution is 9.09. The van der Waals surface area contributed by atoms with Crippen molar-refractivity contribution >= 4 is 48.5 Å². The molecule has 1 saturated heterocycles. The number of anilines is 1. The third kappa shape index (κ3) is 2.25. The molecule has 1 aliphatic rings. The van der Waals surface area contributed by atoms with Gasteiger partial charge in [0, 0.05) is 24.4 Å². The molecular weight excluding hydrogens is 338 g/mol. The van der Waals surface area contributed by atoms with Gasteiger partial charge in [-0.2, -0.15) is 0 Å². The van der Waals surface area contributed by atoms with Gasteiger partial charge in [-0.1, -0.05) is 27.3 Å². The molecule has 0 N–H and O–H groups in total. The number of hydrogen-bond acceptors (Lipinski definition) is 3. The Morgan fingerprint density at radius 1 is 1.47 bits per heavy atom. The van der Waals surface area contributed by atoms with Gasteiger partial charge in [0.1, 0.15) is 11.3 Å². The number of carbonyl (C=O) groups is 1. The fourth-order valence-corrected chi connectivity index (χ4v) is 3.60. The van der Waals surface area contributed by atoms with Gasteiger partial charge in [0.25, 0.3) is 0 Å². The van der Waals surface area contributed by atoms with E-state index in [9.17, 15) is 13.6 Å². The standard InChI is InChI=1S/C12H9BrF2N2OS/c13-4-6-1-10(18)17(5-6)12-16-11-8(15)2-7(14)3-9(11)19-12/h2-3,6H,1,4-5H2. The summed E-state index contributed by atoms with van der Waals surface area (Å²) in [6, 6.07) is 2.04. The van der Waals surface area contributed by atoms with Gasteiger partial charge < -0.3 is 0 Å². The van der Waals surface area contributed by atoms with Gasteiger partial charge in [0.05, 0.1) is 4.70 Å². The number of fused-ring (bicyclic) bond motifs is 1. The molecule has 3 nitrogen and oxygen atoms in total. The number of rotatable bonds is 2. The van der Waals surface area contributed by atoms with Crippen molar-refractivity contribution in [2.45, 2.75) is 6.42 Å². The second kappa shape index (κ2) is 4.79. The van der Waals surface area contributed by atoms with E-state index in [1.165, 1.54) is 6.07 Å². The molecule has 1 atom stereocenters. The van der Waals surface area contributed by atoms with Crippen LogP contribution in [0.5, 0.6) is 0 Å². The summed E-state index contributed by atoms with van der Waals surface area (Å²) in [5.74, 6) is -1.11. The van der Waals surface area contributed by atoms with E-state index in [4.69, 9.17) is 0 Å². The van der Waals surface area contributed by atoms with Gasteiger partial charge in [-0.3, -0.25) is 9.69 Å². The van der Waals surface area contributed by atoms with Crippen LogP contribution in [0.15, 0.2) is 12.1 Å². The van der Waals surface area contributed by atoms with E-state index in [-0.39, 0.29) is 17.3 Å². The summed E-state index contributed by atoms with van der Waals surface area (Å²) in [7, 11) is 0. The molecule has 1 unspecified atom stereocenters. The highest BCUT2D eigenvalue weighted by Crippen LogP contribution is 2.34. The molecular formula is C12H9BrF2N2OS. The van der Waals surface area contributed by atoms with E-state index in [0.29, 0.717) is 22.8 Å². The van der Waals surface area contributed by atoms with E-state index < -0.39 is 11.6 Å². The average Bonchev–Trinajstić information content (AvgIpc) is 2.92. The molecule has 19 heavy (non-hydrogen) atoms. The van der Waals surface area contributed by atoms with Crippen molar-refractivity contribution in [3.05, 3.63) is 23.8 Å². The summed E-state index contributed by atoms with van der Waals surface area (Å²) in [4.78, 5) is 17.5. The first-order valence-corrected chi connectivity index (χ1v) is 7.64. The predicted molar refractivity (Wildman–Crippen MR) is 73.8 cm³/mol. The summed E-state index contributed by atoms with van der Waals surface area (Å²) in [6.45, 7) is 0.563. The largest absolute Gasteiger partial charge is 0.288 e. The first-order chi connectivity index (χ1) is 9.08. The maximum Gasteiger partial charge on any atom is 0.229 e. The molecule has 1 aliphatic heterocycles. The van der Waals surface area contributed by atoms with Crippen LogP contribution >= 0.6 is 27.3 Å². The predicted octanol–water partition coefficient (Wildman–Crippen LogP) is 3.32. The minimum Gasteiger partial charge on any atom is -0.288 e. The highest BCUT2D eigenvalue weighted by Gasteiger charge is 2.32. The van der Waals surface area contributed by atoms with E-state index >= 15 is 0 Å². The monoisotopic (exact) mass is 346 g/mol. The smallest absolute Gasteiger partial charge is 0.229 e. The van der Waals surface area contributed by atoms with Crippen molar-refractivity contribution in [2.24, 2.45) is 5.92 Å². The van der Waals surface area contributed by atoms with Gasteiger partial charge in [-0.15, -0.1) is 0 Å². The molecule has 1 aromatic carbocycles. The quantitative estimate of drug-likeness (QED) is 0.781. The van der Waals surface area contributed by atoms with Gasteiger partial charge in [-0.05, 0) is 12.0 Å². The Labute approximate surface area is 120 Å². The minimum absolute atomic E-state index is 0.0237. The fraction of sp³-hybridized carbons (Fsp3) is 0.333. The van der Waals surface area contributed by atoms with Crippen molar-refractivity contribution in [3.63, 3.8) is 0 Å². The third-order valence-electron chi connectivity index (χ3n) is 3.06. The van der Waals surface area contributed by atoms with Crippen molar-refractivity contribution < 1.29 is 13.6 Å². The van der Waals surface area contributed by atoms with Crippen LogP contribution in [0.1, 0.15) is 6.42 Å². The second-order valence-electron chi connectivity index (χ2n) is 4.46. The zero-order valence-corrected chi connectivity index (χ0v) is 12.1. The number of nitrogens with zero attached hydrogens (tertiary/aromatic N) is 2. The Morgan fingerprint density at radius 2 is 2.26 bits per heavy atom. The molecule has 1 fully saturated rings. The molecule has 2 heterocycles. The number of halogens is 3. The van der Waals surface area contributed by atoms with Gasteiger partial charge in [0.2, 0.25) is 5.91 Å². The van der Waals surface area contributed by atoms with Crippen LogP contribution in [-0.2, 0) is 4.79 Å². The molecule has 100 valence electrons. The number of aromatic nitrogens is 1. The first kappa shape index (κ1) is 12.9. The molecule has 7 heteroatoms. The van der Waals surface area contributed by atoms with E-state index in [1.54, 1.807) is 4.90 Å². The lowest BCUT2D eigenvalue weighted by Crippen LogP contribution is -2.24. The lowest BCUT2D eigenvalue weighted by Gasteiger charge is -2.11. The zero-order chi connectivity index (χ0) is 13.6. The number of benzene rings is 1. The van der Waals surface area contributed by atoms with Crippen LogP contribution in [0.4, 0.5) is 13.9 Å². The lowest BCUT2D eigenvalue weighted by atomic mass is 10.2. The van der Waals surface area contributed by atoms with Crippen molar-refractivity contribution in [1.29, 1.82) is 0 Å². The van der Waals surface area contributed by atoms with Gasteiger partial charge in [0.15, 0.2) is 10.9 Å². The SMILES string of the molecule is O=C1CC(CBr)CN1c1nc2c(F)cc(F)cc2s1. The van der Waals surface area contributed by atoms with E-state index in [1.807, 2.05) is 0 Å². The summed E-state index contributed by atoms with van der Waals surface area (Å²) in [5.41, 5.74) is 0.122. The van der Waals surface area contributed by atoms with Crippen LogP contribution < -0.4 is 4.90 Å². The molecule has 0 aliphatic carbocycles. The van der Waals surface area contributed by atoms with Crippen LogP contribution in [-0.4, -0.2) is 22.8 Å². The van der Waals surface area contributed by atoms with Gasteiger partial charge in [-0.25, -0.2) is 13.8 Å². The summed E-state index contributed by atoms with van der Waals surface area (Å²) in [6.07, 6.45) is 0.456. The molecule has 0 radical (unpaired) electrons. The Bertz CT molecular complexity index is 660. The number of alkyl halides is 1. The van der Waals surface area contributed by atoms with E-state index in [0.717, 1.165) is 22.7 Å². The Morgan fingerprint density at radius 3 is 2.95 bits per heavy atom. The maximum atomic E-state index is 13.6. The summed E-state index contributed by atoms with van der Waals surface area (Å²) >= 11 is 4.49. The third-order valence-corrected chi connectivity index (χ3v) is 5.00. The number of amides is 1. The van der Waals surface area contributed by atoms with Crippen LogP contribution in [0.3, 0.4) is 0 Å². The van der Waals surface area contributed by atoms with Crippen LogP contribution in [0.25, 0.3) is 10.2 Å². The lowest BCUT2D eigenvalue weighted by molar-refractivity contribution is -0.117. The number of thiazole rings is 1. The van der Waals surface area contributed by atoms with Gasteiger partial charge >= 0.3 is 0 Å².